The van der Waals surface area contributed by atoms with Crippen molar-refractivity contribution in [3.8, 4) is 83.7 Å². The number of hydrogen-bond donors (Lipinski definition) is 0. The summed E-state index contributed by atoms with van der Waals surface area (Å²) in [4.78, 5) is 13.5. The van der Waals surface area contributed by atoms with Crippen LogP contribution in [0.3, 0.4) is 0 Å². The highest BCUT2D eigenvalue weighted by atomic mass is 14.9. The van der Waals surface area contributed by atoms with Gasteiger partial charge in [-0.15, -0.1) is 0 Å². The molecular formula is C58H33N4+. The van der Waals surface area contributed by atoms with Crippen molar-refractivity contribution in [2.75, 3.05) is 0 Å². The van der Waals surface area contributed by atoms with Crippen LogP contribution in [0.4, 0.5) is 0 Å². The molecule has 2 aliphatic rings. The smallest absolute Gasteiger partial charge is 0.213 e. The maximum atomic E-state index is 4.86. The summed E-state index contributed by atoms with van der Waals surface area (Å²) in [6, 6.07) is 58.6. The molecule has 0 aliphatic heterocycles. The monoisotopic (exact) mass is 785 g/mol. The van der Waals surface area contributed by atoms with Gasteiger partial charge in [0.1, 0.15) is 0 Å². The molecule has 284 valence electrons. The van der Waals surface area contributed by atoms with Crippen molar-refractivity contribution in [3.63, 3.8) is 0 Å². The fourth-order valence-corrected chi connectivity index (χ4v) is 10.8. The normalized spacial score (nSPS) is 12.2. The van der Waals surface area contributed by atoms with E-state index in [1.54, 1.807) is 0 Å². The Bertz CT molecular complexity index is 3900. The molecule has 2 aliphatic carbocycles. The average Bonchev–Trinajstić information content (AvgIpc) is 3.84. The Morgan fingerprint density at radius 1 is 0.339 bits per heavy atom. The van der Waals surface area contributed by atoms with Crippen LogP contribution < -0.4 is 4.57 Å². The van der Waals surface area contributed by atoms with Gasteiger partial charge in [-0.05, 0) is 164 Å². The maximum Gasteiger partial charge on any atom is 0.213 e. The Kier molecular flexibility index (Phi) is 6.80. The van der Waals surface area contributed by atoms with Crippen LogP contribution >= 0.6 is 0 Å². The molecule has 4 heterocycles. The van der Waals surface area contributed by atoms with Gasteiger partial charge in [-0.2, -0.15) is 4.57 Å². The lowest BCUT2D eigenvalue weighted by molar-refractivity contribution is -0.595. The predicted molar refractivity (Wildman–Crippen MR) is 254 cm³/mol. The average molecular weight is 786 g/mol. The molecule has 4 nitrogen and oxygen atoms in total. The first-order chi connectivity index (χ1) is 30.7. The van der Waals surface area contributed by atoms with Gasteiger partial charge in [0.2, 0.25) is 5.69 Å². The standard InChI is InChI=1S/C58H33N4/c1-6-35-7-2-12-42-50-31-52-46(37-19-26-61-54(28-37)34-17-22-59-23-18-34)29-47-40(48(52)30-49(50)41(11-1)55(35)42)15-16-44-51(47)32-53-43-13-3-8-36-9-4-14-45(56(36)43)58(53)57(44)38-10-5-27-62(33-38)39-20-24-60-25-21-39/h1-33H/q+1. The first kappa shape index (κ1) is 33.5. The van der Waals surface area contributed by atoms with Gasteiger partial charge in [0.05, 0.1) is 5.69 Å². The Morgan fingerprint density at radius 3 is 1.65 bits per heavy atom. The lowest BCUT2D eigenvalue weighted by atomic mass is 9.84. The molecule has 4 aromatic heterocycles. The fourth-order valence-electron chi connectivity index (χ4n) is 10.8. The van der Waals surface area contributed by atoms with E-state index in [-0.39, 0.29) is 0 Å². The maximum absolute atomic E-state index is 4.86. The van der Waals surface area contributed by atoms with Crippen LogP contribution in [-0.4, -0.2) is 15.0 Å². The van der Waals surface area contributed by atoms with Gasteiger partial charge in [-0.3, -0.25) is 15.0 Å². The van der Waals surface area contributed by atoms with Crippen LogP contribution in [-0.2, 0) is 0 Å². The number of pyridine rings is 4. The van der Waals surface area contributed by atoms with Crippen molar-refractivity contribution in [1.82, 2.24) is 15.0 Å². The second-order valence-electron chi connectivity index (χ2n) is 16.6. The topological polar surface area (TPSA) is 42.5 Å². The van der Waals surface area contributed by atoms with Gasteiger partial charge in [-0.1, -0.05) is 84.9 Å². The first-order valence-electron chi connectivity index (χ1n) is 21.1. The highest BCUT2D eigenvalue weighted by Gasteiger charge is 2.29. The molecule has 0 bridgehead atoms. The van der Waals surface area contributed by atoms with E-state index in [1.807, 2.05) is 43.1 Å². The summed E-state index contributed by atoms with van der Waals surface area (Å²) in [5.74, 6) is 0. The summed E-state index contributed by atoms with van der Waals surface area (Å²) in [5.41, 5.74) is 18.1. The molecule has 0 radical (unpaired) electrons. The van der Waals surface area contributed by atoms with Crippen molar-refractivity contribution in [2.24, 2.45) is 0 Å². The second kappa shape index (κ2) is 12.6. The number of benzene rings is 8. The van der Waals surface area contributed by atoms with Crippen LogP contribution in [0.5, 0.6) is 0 Å². The van der Waals surface area contributed by atoms with E-state index in [0.717, 1.165) is 28.1 Å². The van der Waals surface area contributed by atoms with Crippen LogP contribution in [0.25, 0.3) is 138 Å². The molecule has 0 N–H and O–H groups in total. The molecule has 0 fully saturated rings. The summed E-state index contributed by atoms with van der Waals surface area (Å²) in [7, 11) is 0. The van der Waals surface area contributed by atoms with E-state index >= 15 is 0 Å². The van der Waals surface area contributed by atoms with Crippen LogP contribution in [0.2, 0.25) is 0 Å². The summed E-state index contributed by atoms with van der Waals surface area (Å²) >= 11 is 0. The van der Waals surface area contributed by atoms with Crippen LogP contribution in [0, 0.1) is 0 Å². The van der Waals surface area contributed by atoms with Gasteiger partial charge in [-0.25, -0.2) is 0 Å². The highest BCUT2D eigenvalue weighted by Crippen LogP contribution is 2.55. The highest BCUT2D eigenvalue weighted by molar-refractivity contribution is 6.29. The third-order valence-electron chi connectivity index (χ3n) is 13.4. The number of hydrogen-bond acceptors (Lipinski definition) is 3. The molecular weight excluding hydrogens is 753 g/mol. The van der Waals surface area contributed by atoms with Gasteiger partial charge in [0.15, 0.2) is 12.4 Å². The lowest BCUT2D eigenvalue weighted by Crippen LogP contribution is -2.29. The van der Waals surface area contributed by atoms with Crippen molar-refractivity contribution < 1.29 is 4.57 Å². The van der Waals surface area contributed by atoms with Crippen molar-refractivity contribution in [2.45, 2.75) is 0 Å². The minimum atomic E-state index is 0.923. The van der Waals surface area contributed by atoms with Gasteiger partial charge in [0, 0.05) is 65.9 Å². The van der Waals surface area contributed by atoms with Crippen molar-refractivity contribution in [3.05, 3.63) is 201 Å². The minimum Gasteiger partial charge on any atom is -0.265 e. The summed E-state index contributed by atoms with van der Waals surface area (Å²) < 4.78 is 2.21. The largest absolute Gasteiger partial charge is 0.265 e. The van der Waals surface area contributed by atoms with Gasteiger partial charge < -0.3 is 0 Å². The third-order valence-corrected chi connectivity index (χ3v) is 13.4. The third kappa shape index (κ3) is 4.66. The molecule has 12 aromatic rings. The van der Waals surface area contributed by atoms with E-state index in [2.05, 4.69) is 173 Å². The molecule has 0 saturated carbocycles. The van der Waals surface area contributed by atoms with Crippen LogP contribution in [0.1, 0.15) is 0 Å². The molecule has 0 atom stereocenters. The number of aromatic nitrogens is 4. The van der Waals surface area contributed by atoms with Gasteiger partial charge in [0.25, 0.3) is 0 Å². The Hall–Kier alpha value is -8.34. The Labute approximate surface area is 356 Å². The Morgan fingerprint density at radius 2 is 0.903 bits per heavy atom. The van der Waals surface area contributed by atoms with Crippen molar-refractivity contribution >= 4 is 53.9 Å². The second-order valence-corrected chi connectivity index (χ2v) is 16.6. The zero-order chi connectivity index (χ0) is 40.5. The number of rotatable bonds is 4. The quantitative estimate of drug-likeness (QED) is 0.132. The molecule has 0 unspecified atom stereocenters. The van der Waals surface area contributed by atoms with E-state index in [1.165, 1.54) is 109 Å². The van der Waals surface area contributed by atoms with E-state index in [9.17, 15) is 0 Å². The van der Waals surface area contributed by atoms with E-state index in [0.29, 0.717) is 0 Å². The number of nitrogens with zero attached hydrogens (tertiary/aromatic N) is 4. The summed E-state index contributed by atoms with van der Waals surface area (Å²) in [6.07, 6.45) is 13.7. The Balaban J connectivity index is 1.13. The molecule has 0 saturated heterocycles. The minimum absolute atomic E-state index is 0.923. The molecule has 62 heavy (non-hydrogen) atoms. The molecule has 4 heteroatoms. The lowest BCUT2D eigenvalue weighted by Gasteiger charge is -2.19. The zero-order valence-corrected chi connectivity index (χ0v) is 33.3. The summed E-state index contributed by atoms with van der Waals surface area (Å²) in [6.45, 7) is 0. The predicted octanol–water partition coefficient (Wildman–Crippen LogP) is 14.2. The van der Waals surface area contributed by atoms with Gasteiger partial charge >= 0.3 is 0 Å². The molecule has 8 aromatic carbocycles. The molecule has 0 spiro atoms. The van der Waals surface area contributed by atoms with E-state index < -0.39 is 0 Å². The zero-order valence-electron chi connectivity index (χ0n) is 33.3. The SMILES string of the molecule is c1cc2c3c(cccc3c1)-c1cc3c(cc1-2)c(-c1ccnc(-c2ccncc2)c1)cc1c2cc4c(c(-c5ccc[n+](-c6ccncc6)c5)c2ccc31)-c1cccc2cccc-4c12. The molecule has 14 rings (SSSR count). The van der Waals surface area contributed by atoms with Crippen molar-refractivity contribution in [1.29, 1.82) is 0 Å². The molecule has 0 amide bonds. The van der Waals surface area contributed by atoms with E-state index in [4.69, 9.17) is 4.98 Å². The fraction of sp³-hybridized carbons (Fsp3) is 0. The first-order valence-corrected chi connectivity index (χ1v) is 21.1. The number of fused-ring (bicyclic) bond motifs is 11. The summed E-state index contributed by atoms with van der Waals surface area (Å²) in [5, 5.41) is 12.6. The van der Waals surface area contributed by atoms with Crippen LogP contribution in [0.15, 0.2) is 201 Å².